The van der Waals surface area contributed by atoms with Crippen LogP contribution in [0.2, 0.25) is 0 Å². The number of hydrogen-bond donors (Lipinski definition) is 5. The Morgan fingerprint density at radius 3 is 1.38 bits per heavy atom. The van der Waals surface area contributed by atoms with Gasteiger partial charge in [-0.2, -0.15) is 0 Å². The molecule has 1 saturated heterocycles. The zero-order valence-corrected chi connectivity index (χ0v) is 58.2. The summed E-state index contributed by atoms with van der Waals surface area (Å²) in [5.74, 6) is -11.1. The molecule has 6 N–H and O–H groups in total. The van der Waals surface area contributed by atoms with Gasteiger partial charge in [-0.15, -0.1) is 0 Å². The maximum absolute atomic E-state index is 15.4. The van der Waals surface area contributed by atoms with Crippen LogP contribution in [0.25, 0.3) is 0 Å². The minimum atomic E-state index is -1.66. The fourth-order valence-corrected chi connectivity index (χ4v) is 11.0. The fraction of sp³-hybridized carbons (Fsp3) is 0.781. The van der Waals surface area contributed by atoms with Crippen molar-refractivity contribution < 1.29 is 62.3 Å². The summed E-state index contributed by atoms with van der Waals surface area (Å²) in [7, 11) is 9.82. The highest BCUT2D eigenvalue weighted by Crippen LogP contribution is 2.27. The van der Waals surface area contributed by atoms with Gasteiger partial charge in [0.05, 0.1) is 13.1 Å². The van der Waals surface area contributed by atoms with Crippen molar-refractivity contribution in [1.82, 2.24) is 55.6 Å². The topological polar surface area (TPSA) is 311 Å². The Labute approximate surface area is 531 Å². The van der Waals surface area contributed by atoms with Crippen LogP contribution in [0, 0.1) is 41.4 Å². The molecule has 0 spiro atoms. The van der Waals surface area contributed by atoms with E-state index in [4.69, 9.17) is 10.5 Å². The lowest BCUT2D eigenvalue weighted by molar-refractivity contribution is -0.164. The summed E-state index contributed by atoms with van der Waals surface area (Å²) >= 11 is 0. The molecule has 508 valence electrons. The zero-order chi connectivity index (χ0) is 69.0. The third-order valence-electron chi connectivity index (χ3n) is 16.5. The van der Waals surface area contributed by atoms with E-state index in [1.807, 2.05) is 55.4 Å². The molecule has 1 aliphatic rings. The Bertz CT molecular complexity index is 2470. The number of allylic oxidation sites excluding steroid dienone is 2. The van der Waals surface area contributed by atoms with Crippen LogP contribution in [0.5, 0.6) is 0 Å². The van der Waals surface area contributed by atoms with Gasteiger partial charge in [0, 0.05) is 49.3 Å². The molecule has 11 amide bonds. The maximum atomic E-state index is 15.4. The molecule has 89 heavy (non-hydrogen) atoms. The highest BCUT2D eigenvalue weighted by molar-refractivity contribution is 5.99. The van der Waals surface area contributed by atoms with E-state index < -0.39 is 168 Å². The van der Waals surface area contributed by atoms with Gasteiger partial charge in [-0.3, -0.25) is 57.5 Å². The molecule has 1 fully saturated rings. The van der Waals surface area contributed by atoms with Crippen molar-refractivity contribution >= 4 is 70.9 Å². The smallest absolute Gasteiger partial charge is 0.320 e. The third-order valence-corrected chi connectivity index (χ3v) is 16.5. The molecule has 1 aliphatic heterocycles. The standard InChI is InChI=1S/C64H114N12O13/c1-25-27-28-41(15)54(89-50(78)33-65)53-58(82)68-44(26-2)60(84)70(18)34-49(77)71(19)45(29-35(3)4)57(81)69-51(39(11)12)63(87)72(20)46(30-36(5)6)56(80)66-42(16)55(79)67-43(17)59(83)73(21)47(31-37(7)8)61(85)74(22)48(32-38(9)10)62(86)75(23)52(40(13)14)64(88)76(53)24/h25,27,35-48,51-54H,26,28-34,65H2,1-24H3,(H,66,80)(H,67,79)(H,68,82)(H,69,81)/b27-25+/t41-,42+,43-,44+,45+,46+,47?,48+,51+,52+,53+,54-/m1/s1. The van der Waals surface area contributed by atoms with Crippen molar-refractivity contribution in [1.29, 1.82) is 0 Å². The molecule has 1 unspecified atom stereocenters. The first-order valence-corrected chi connectivity index (χ1v) is 31.7. The van der Waals surface area contributed by atoms with Crippen LogP contribution in [0.3, 0.4) is 0 Å². The van der Waals surface area contributed by atoms with Gasteiger partial charge in [0.1, 0.15) is 66.5 Å². The van der Waals surface area contributed by atoms with Crippen LogP contribution < -0.4 is 27.0 Å². The van der Waals surface area contributed by atoms with E-state index in [1.54, 1.807) is 60.6 Å². The molecule has 0 bridgehead atoms. The summed E-state index contributed by atoms with van der Waals surface area (Å²) in [6.45, 7) is 28.5. The molecule has 0 aromatic heterocycles. The molecule has 0 saturated carbocycles. The number of esters is 1. The number of nitrogens with two attached hydrogens (primary N) is 1. The number of nitrogens with zero attached hydrogens (tertiary/aromatic N) is 7. The number of nitrogens with one attached hydrogen (secondary N) is 4. The first-order valence-electron chi connectivity index (χ1n) is 31.7. The average molecular weight is 1260 g/mol. The first kappa shape index (κ1) is 80.4. The van der Waals surface area contributed by atoms with E-state index in [0.717, 1.165) is 9.80 Å². The summed E-state index contributed by atoms with van der Waals surface area (Å²) in [6.07, 6.45) is 2.95. The highest BCUT2D eigenvalue weighted by atomic mass is 16.5. The highest BCUT2D eigenvalue weighted by Gasteiger charge is 2.47. The zero-order valence-electron chi connectivity index (χ0n) is 58.2. The minimum Gasteiger partial charge on any atom is -0.458 e. The molecular weight excluding hydrogens is 1140 g/mol. The summed E-state index contributed by atoms with van der Waals surface area (Å²) < 4.78 is 5.95. The predicted molar refractivity (Wildman–Crippen MR) is 341 cm³/mol. The second-order valence-electron chi connectivity index (χ2n) is 26.8. The molecule has 0 aromatic carbocycles. The third kappa shape index (κ3) is 23.0. The lowest BCUT2D eigenvalue weighted by Crippen LogP contribution is -2.64. The Hall–Kier alpha value is -6.66. The molecule has 1 rings (SSSR count). The van der Waals surface area contributed by atoms with Gasteiger partial charge < -0.3 is 66.0 Å². The maximum Gasteiger partial charge on any atom is 0.320 e. The van der Waals surface area contributed by atoms with Crippen LogP contribution in [-0.4, -0.2) is 234 Å². The van der Waals surface area contributed by atoms with E-state index in [-0.39, 0.29) is 62.2 Å². The summed E-state index contributed by atoms with van der Waals surface area (Å²) in [6, 6.07) is -12.7. The van der Waals surface area contributed by atoms with Crippen molar-refractivity contribution in [3.63, 3.8) is 0 Å². The number of hydrogen-bond acceptors (Lipinski definition) is 14. The second kappa shape index (κ2) is 36.9. The average Bonchev–Trinajstić information content (AvgIpc) is 2.57. The largest absolute Gasteiger partial charge is 0.458 e. The van der Waals surface area contributed by atoms with Crippen LogP contribution in [-0.2, 0) is 62.3 Å². The Morgan fingerprint density at radius 1 is 0.506 bits per heavy atom. The lowest BCUT2D eigenvalue weighted by Gasteiger charge is -2.42. The Balaban J connectivity index is 4.46. The van der Waals surface area contributed by atoms with Gasteiger partial charge in [-0.1, -0.05) is 109 Å². The molecule has 0 radical (unpaired) electrons. The first-order chi connectivity index (χ1) is 41.1. The van der Waals surface area contributed by atoms with Crippen molar-refractivity contribution in [2.45, 2.75) is 223 Å². The van der Waals surface area contributed by atoms with Crippen LogP contribution in [0.1, 0.15) is 156 Å². The van der Waals surface area contributed by atoms with Crippen molar-refractivity contribution in [3.05, 3.63) is 12.2 Å². The number of rotatable bonds is 17. The van der Waals surface area contributed by atoms with Gasteiger partial charge in [0.2, 0.25) is 65.0 Å². The van der Waals surface area contributed by atoms with Crippen LogP contribution >= 0.6 is 0 Å². The summed E-state index contributed by atoms with van der Waals surface area (Å²) in [4.78, 5) is 183. The number of carbonyl (C=O) groups excluding carboxylic acids is 12. The molecular formula is C64H114N12O13. The van der Waals surface area contributed by atoms with Crippen LogP contribution in [0.15, 0.2) is 12.2 Å². The second-order valence-corrected chi connectivity index (χ2v) is 26.8. The van der Waals surface area contributed by atoms with Crippen molar-refractivity contribution in [2.75, 3.05) is 62.4 Å². The molecule has 25 heteroatoms. The number of carbonyl (C=O) groups is 12. The van der Waals surface area contributed by atoms with Gasteiger partial charge in [0.15, 0.2) is 0 Å². The predicted octanol–water partition coefficient (Wildman–Crippen LogP) is 2.78. The molecule has 1 heterocycles. The van der Waals surface area contributed by atoms with Crippen molar-refractivity contribution in [3.8, 4) is 0 Å². The summed E-state index contributed by atoms with van der Waals surface area (Å²) in [5.41, 5.74) is 5.79. The van der Waals surface area contributed by atoms with E-state index in [2.05, 4.69) is 21.3 Å². The fourth-order valence-electron chi connectivity index (χ4n) is 11.0. The van der Waals surface area contributed by atoms with Gasteiger partial charge in [0.25, 0.3) is 0 Å². The SMILES string of the molecule is C/C=C/C[C@@H](C)[C@@H](OC(=O)CN)[C@H]1C(=O)N[C@@H](CC)C(=O)N(C)CC(=O)N(C)[C@@H](CC(C)C)C(=O)N[C@@H](C(C)C)C(=O)N(C)[C@@H](CC(C)C)C(=O)N[C@@H](C)C(=O)N[C@H](C)C(=O)N(C)C(CC(C)C)C(=O)N(C)[C@@H](CC(C)C)C(=O)N(C)[C@@H](C(C)C)C(=O)N1C. The Kier molecular flexibility index (Phi) is 33.3. The van der Waals surface area contributed by atoms with E-state index >= 15 is 19.2 Å². The number of ether oxygens (including phenoxy) is 1. The monoisotopic (exact) mass is 1260 g/mol. The minimum absolute atomic E-state index is 0.0216. The molecule has 25 nitrogen and oxygen atoms in total. The van der Waals surface area contributed by atoms with E-state index in [1.165, 1.54) is 87.7 Å². The Morgan fingerprint density at radius 2 is 0.933 bits per heavy atom. The molecule has 0 aromatic rings. The van der Waals surface area contributed by atoms with Gasteiger partial charge in [-0.05, 0) is 101 Å². The van der Waals surface area contributed by atoms with Gasteiger partial charge >= 0.3 is 5.97 Å². The molecule has 0 aliphatic carbocycles. The lowest BCUT2D eigenvalue weighted by atomic mass is 9.91. The van der Waals surface area contributed by atoms with Crippen LogP contribution in [0.4, 0.5) is 0 Å². The molecule has 12 atom stereocenters. The normalized spacial score (nSPS) is 26.1. The quantitative estimate of drug-likeness (QED) is 0.103. The summed E-state index contributed by atoms with van der Waals surface area (Å²) in [5, 5.41) is 11.0. The van der Waals surface area contributed by atoms with Crippen molar-refractivity contribution in [2.24, 2.45) is 47.2 Å². The van der Waals surface area contributed by atoms with Gasteiger partial charge in [-0.25, -0.2) is 0 Å². The van der Waals surface area contributed by atoms with E-state index in [0.29, 0.717) is 0 Å². The van der Waals surface area contributed by atoms with E-state index in [9.17, 15) is 38.4 Å². The number of amides is 11. The number of likely N-dealkylation sites (N-methyl/N-ethyl adjacent to an activating group) is 7.